The zero-order valence-corrected chi connectivity index (χ0v) is 15.4. The molecule has 0 radical (unpaired) electrons. The summed E-state index contributed by atoms with van der Waals surface area (Å²) in [6, 6.07) is 15.8. The van der Waals surface area contributed by atoms with E-state index in [2.05, 4.69) is 15.1 Å². The van der Waals surface area contributed by atoms with Crippen LogP contribution in [0.1, 0.15) is 10.5 Å². The Balaban J connectivity index is 1.59. The first-order valence-corrected chi connectivity index (χ1v) is 9.03. The van der Waals surface area contributed by atoms with E-state index in [9.17, 15) is 20.0 Å². The molecule has 2 aromatic carbocycles. The summed E-state index contributed by atoms with van der Waals surface area (Å²) < 4.78 is 0. The predicted molar refractivity (Wildman–Crippen MR) is 106 cm³/mol. The largest absolute Gasteiger partial charge is 0.476 e. The highest BCUT2D eigenvalue weighted by atomic mass is 16.6. The molecule has 0 amide bonds. The molecule has 1 saturated heterocycles. The fourth-order valence-electron chi connectivity index (χ4n) is 3.31. The lowest BCUT2D eigenvalue weighted by molar-refractivity contribution is -0.384. The molecule has 3 aromatic rings. The van der Waals surface area contributed by atoms with E-state index in [0.717, 1.165) is 10.5 Å². The number of carboxylic acid groups (broad SMARTS) is 1. The lowest BCUT2D eigenvalue weighted by Gasteiger charge is -2.36. The fraction of sp³-hybridized carbons (Fsp3) is 0.211. The number of nitro benzene ring substituents is 1. The molecule has 0 spiro atoms. The number of nitrogens with zero attached hydrogens (tertiary/aromatic N) is 6. The van der Waals surface area contributed by atoms with E-state index >= 15 is 0 Å². The normalized spacial score (nSPS) is 14.1. The number of aromatic nitrogens is 3. The minimum Gasteiger partial charge on any atom is -0.476 e. The van der Waals surface area contributed by atoms with Gasteiger partial charge in [0.15, 0.2) is 5.82 Å². The topological polar surface area (TPSA) is 118 Å². The zero-order chi connectivity index (χ0) is 20.4. The van der Waals surface area contributed by atoms with Crippen molar-refractivity contribution < 1.29 is 14.8 Å². The molecule has 10 heteroatoms. The molecule has 1 aliphatic rings. The van der Waals surface area contributed by atoms with Crippen molar-refractivity contribution >= 4 is 23.2 Å². The Hall–Kier alpha value is -3.95. The SMILES string of the molecule is O=C(O)c1nn(-c2cccc([N+](=O)[O-])c2)nc1N1CCN(c2ccccc2)CC1. The molecule has 0 bridgehead atoms. The third-order valence-corrected chi connectivity index (χ3v) is 4.77. The van der Waals surface area contributed by atoms with E-state index < -0.39 is 10.9 Å². The maximum atomic E-state index is 11.7. The Morgan fingerprint density at radius 3 is 2.24 bits per heavy atom. The van der Waals surface area contributed by atoms with Gasteiger partial charge in [0, 0.05) is 44.0 Å². The minimum absolute atomic E-state index is 0.116. The summed E-state index contributed by atoms with van der Waals surface area (Å²) in [5.41, 5.74) is 1.15. The summed E-state index contributed by atoms with van der Waals surface area (Å²) >= 11 is 0. The molecule has 29 heavy (non-hydrogen) atoms. The van der Waals surface area contributed by atoms with Gasteiger partial charge >= 0.3 is 5.97 Å². The number of carbonyl (C=O) groups is 1. The Labute approximate surface area is 165 Å². The molecule has 0 atom stereocenters. The second kappa shape index (κ2) is 7.58. The number of benzene rings is 2. The van der Waals surface area contributed by atoms with Crippen LogP contribution in [0.3, 0.4) is 0 Å². The molecule has 4 rings (SSSR count). The Morgan fingerprint density at radius 2 is 1.59 bits per heavy atom. The minimum atomic E-state index is -1.19. The molecular formula is C19H18N6O4. The van der Waals surface area contributed by atoms with Crippen LogP contribution in [0.4, 0.5) is 17.2 Å². The van der Waals surface area contributed by atoms with Crippen molar-refractivity contribution in [1.82, 2.24) is 15.0 Å². The second-order valence-corrected chi connectivity index (χ2v) is 6.55. The Bertz CT molecular complexity index is 1040. The van der Waals surface area contributed by atoms with Crippen LogP contribution in [0, 0.1) is 10.1 Å². The third-order valence-electron chi connectivity index (χ3n) is 4.77. The smallest absolute Gasteiger partial charge is 0.360 e. The first kappa shape index (κ1) is 18.4. The summed E-state index contributed by atoms with van der Waals surface area (Å²) in [6.45, 7) is 2.60. The quantitative estimate of drug-likeness (QED) is 0.517. The summed E-state index contributed by atoms with van der Waals surface area (Å²) in [4.78, 5) is 27.4. The van der Waals surface area contributed by atoms with Crippen LogP contribution < -0.4 is 9.80 Å². The third kappa shape index (κ3) is 3.72. The van der Waals surface area contributed by atoms with Crippen LogP contribution in [-0.2, 0) is 0 Å². The number of anilines is 2. The van der Waals surface area contributed by atoms with Crippen LogP contribution >= 0.6 is 0 Å². The number of carboxylic acids is 1. The average molecular weight is 394 g/mol. The summed E-state index contributed by atoms with van der Waals surface area (Å²) in [7, 11) is 0. The molecule has 0 unspecified atom stereocenters. The van der Waals surface area contributed by atoms with Gasteiger partial charge in [0.05, 0.1) is 10.6 Å². The highest BCUT2D eigenvalue weighted by molar-refractivity contribution is 5.91. The molecular weight excluding hydrogens is 376 g/mol. The number of para-hydroxylation sites is 1. The first-order chi connectivity index (χ1) is 14.0. The summed E-state index contributed by atoms with van der Waals surface area (Å²) in [5.74, 6) is -0.932. The molecule has 1 aliphatic heterocycles. The van der Waals surface area contributed by atoms with Gasteiger partial charge in [-0.05, 0) is 18.2 Å². The Morgan fingerprint density at radius 1 is 0.931 bits per heavy atom. The van der Waals surface area contributed by atoms with Gasteiger partial charge in [0.2, 0.25) is 5.69 Å². The van der Waals surface area contributed by atoms with E-state index in [1.807, 2.05) is 35.2 Å². The molecule has 1 N–H and O–H groups in total. The monoisotopic (exact) mass is 394 g/mol. The van der Waals surface area contributed by atoms with Crippen molar-refractivity contribution in [1.29, 1.82) is 0 Å². The Kier molecular flexibility index (Phi) is 4.82. The van der Waals surface area contributed by atoms with Crippen molar-refractivity contribution in [3.05, 3.63) is 70.4 Å². The maximum absolute atomic E-state index is 11.7. The van der Waals surface area contributed by atoms with Gasteiger partial charge in [-0.2, -0.15) is 0 Å². The lowest BCUT2D eigenvalue weighted by atomic mass is 10.2. The van der Waals surface area contributed by atoms with Crippen molar-refractivity contribution in [2.75, 3.05) is 36.0 Å². The number of nitro groups is 1. The highest BCUT2D eigenvalue weighted by Gasteiger charge is 2.27. The lowest BCUT2D eigenvalue weighted by Crippen LogP contribution is -2.47. The van der Waals surface area contributed by atoms with Gasteiger partial charge in [0.25, 0.3) is 5.69 Å². The number of rotatable bonds is 5. The van der Waals surface area contributed by atoms with Crippen LogP contribution in [0.5, 0.6) is 0 Å². The van der Waals surface area contributed by atoms with Crippen LogP contribution in [-0.4, -0.2) is 57.2 Å². The average Bonchev–Trinajstić information content (AvgIpc) is 3.20. The molecule has 148 valence electrons. The number of non-ortho nitro benzene ring substituents is 1. The first-order valence-electron chi connectivity index (χ1n) is 9.03. The number of aromatic carboxylic acids is 1. The number of hydrogen-bond acceptors (Lipinski definition) is 7. The van der Waals surface area contributed by atoms with Crippen LogP contribution in [0.2, 0.25) is 0 Å². The second-order valence-electron chi connectivity index (χ2n) is 6.55. The van der Waals surface area contributed by atoms with E-state index in [1.165, 1.54) is 18.2 Å². The van der Waals surface area contributed by atoms with Crippen LogP contribution in [0.15, 0.2) is 54.6 Å². The van der Waals surface area contributed by atoms with Gasteiger partial charge in [-0.15, -0.1) is 15.0 Å². The maximum Gasteiger partial charge on any atom is 0.360 e. The highest BCUT2D eigenvalue weighted by Crippen LogP contribution is 2.23. The molecule has 0 saturated carbocycles. The fourth-order valence-corrected chi connectivity index (χ4v) is 3.31. The van der Waals surface area contributed by atoms with E-state index in [0.29, 0.717) is 31.9 Å². The van der Waals surface area contributed by atoms with Gasteiger partial charge in [0.1, 0.15) is 0 Å². The van der Waals surface area contributed by atoms with Crippen molar-refractivity contribution in [3.8, 4) is 5.69 Å². The number of piperazine rings is 1. The molecule has 10 nitrogen and oxygen atoms in total. The van der Waals surface area contributed by atoms with Gasteiger partial charge in [-0.25, -0.2) is 4.79 Å². The van der Waals surface area contributed by atoms with Crippen molar-refractivity contribution in [2.45, 2.75) is 0 Å². The zero-order valence-electron chi connectivity index (χ0n) is 15.4. The summed E-state index contributed by atoms with van der Waals surface area (Å²) in [5, 5.41) is 29.0. The molecule has 0 aliphatic carbocycles. The van der Waals surface area contributed by atoms with E-state index in [1.54, 1.807) is 6.07 Å². The summed E-state index contributed by atoms with van der Waals surface area (Å²) in [6.07, 6.45) is 0. The van der Waals surface area contributed by atoms with E-state index in [-0.39, 0.29) is 17.2 Å². The molecule has 2 heterocycles. The van der Waals surface area contributed by atoms with Crippen LogP contribution in [0.25, 0.3) is 5.69 Å². The van der Waals surface area contributed by atoms with Gasteiger partial charge < -0.3 is 14.9 Å². The van der Waals surface area contributed by atoms with Crippen molar-refractivity contribution in [3.63, 3.8) is 0 Å². The predicted octanol–water partition coefficient (Wildman–Crippen LogP) is 2.20. The molecule has 1 fully saturated rings. The van der Waals surface area contributed by atoms with Crippen molar-refractivity contribution in [2.24, 2.45) is 0 Å². The number of hydrogen-bond donors (Lipinski definition) is 1. The van der Waals surface area contributed by atoms with Gasteiger partial charge in [-0.1, -0.05) is 24.3 Å². The van der Waals surface area contributed by atoms with Gasteiger partial charge in [-0.3, -0.25) is 10.1 Å². The standard InChI is InChI=1S/C19H18N6O4/c26-19(27)17-18(21-24(20-17)15-7-4-8-16(13-15)25(28)29)23-11-9-22(10-12-23)14-5-2-1-3-6-14/h1-8,13H,9-12H2,(H,26,27). The van der Waals surface area contributed by atoms with E-state index in [4.69, 9.17) is 0 Å². The molecule has 1 aromatic heterocycles.